The maximum Gasteiger partial charge on any atom is 0.253 e. The normalized spacial score (nSPS) is 13.9. The Morgan fingerprint density at radius 2 is 1.44 bits per heavy atom. The van der Waals surface area contributed by atoms with Gasteiger partial charge in [0.2, 0.25) is 0 Å². The van der Waals surface area contributed by atoms with Gasteiger partial charge in [-0.25, -0.2) is 0 Å². The average molecular weight is 374 g/mol. The van der Waals surface area contributed by atoms with Crippen LogP contribution < -0.4 is 14.5 Å². The van der Waals surface area contributed by atoms with E-state index in [0.29, 0.717) is 11.7 Å². The Bertz CT molecular complexity index is 943. The Hall–Kier alpha value is -3.18. The first-order valence-electron chi connectivity index (χ1n) is 8.69. The third-order valence-electron chi connectivity index (χ3n) is 4.38. The van der Waals surface area contributed by atoms with Crippen molar-refractivity contribution < 1.29 is 9.53 Å². The molecule has 0 aromatic heterocycles. The summed E-state index contributed by atoms with van der Waals surface area (Å²) in [7, 11) is 0. The summed E-state index contributed by atoms with van der Waals surface area (Å²) in [5, 5.41) is 0.490. The van der Waals surface area contributed by atoms with E-state index < -0.39 is 0 Å². The lowest BCUT2D eigenvalue weighted by Crippen LogP contribution is -2.32. The molecule has 3 aromatic rings. The van der Waals surface area contributed by atoms with Crippen LogP contribution in [0.15, 0.2) is 84.9 Å². The van der Waals surface area contributed by atoms with Gasteiger partial charge >= 0.3 is 0 Å². The van der Waals surface area contributed by atoms with E-state index in [1.807, 2.05) is 89.8 Å². The second-order valence-corrected chi connectivity index (χ2v) is 6.57. The highest BCUT2D eigenvalue weighted by atomic mass is 32.1. The standard InChI is InChI=1S/C22H18N2O2S/c25-21-15-23(22(27)24(21)19-9-5-2-6-10-19)18-11-13-20(14-12-18)26-16-17-7-3-1-4-8-17/h1-14H,15-16H2. The Morgan fingerprint density at radius 1 is 0.815 bits per heavy atom. The zero-order chi connectivity index (χ0) is 18.6. The van der Waals surface area contributed by atoms with Crippen LogP contribution in [-0.4, -0.2) is 17.6 Å². The zero-order valence-corrected chi connectivity index (χ0v) is 15.4. The fourth-order valence-electron chi connectivity index (χ4n) is 3.00. The largest absolute Gasteiger partial charge is 0.489 e. The van der Waals surface area contributed by atoms with Crippen molar-refractivity contribution in [2.45, 2.75) is 6.61 Å². The fourth-order valence-corrected chi connectivity index (χ4v) is 3.37. The van der Waals surface area contributed by atoms with Gasteiger partial charge < -0.3 is 9.64 Å². The monoisotopic (exact) mass is 374 g/mol. The molecule has 0 radical (unpaired) electrons. The molecule has 0 atom stereocenters. The predicted molar refractivity (Wildman–Crippen MR) is 111 cm³/mol. The molecule has 27 heavy (non-hydrogen) atoms. The van der Waals surface area contributed by atoms with Crippen LogP contribution in [0.5, 0.6) is 5.75 Å². The molecule has 3 aromatic carbocycles. The third-order valence-corrected chi connectivity index (χ3v) is 4.78. The van der Waals surface area contributed by atoms with Crippen LogP contribution in [0, 0.1) is 0 Å². The summed E-state index contributed by atoms with van der Waals surface area (Å²) in [5.41, 5.74) is 2.78. The molecule has 0 unspecified atom stereocenters. The van der Waals surface area contributed by atoms with Crippen LogP contribution in [-0.2, 0) is 11.4 Å². The molecule has 0 saturated carbocycles. The molecule has 134 valence electrons. The summed E-state index contributed by atoms with van der Waals surface area (Å²) in [6.07, 6.45) is 0. The van der Waals surface area contributed by atoms with Gasteiger partial charge in [0, 0.05) is 5.69 Å². The smallest absolute Gasteiger partial charge is 0.253 e. The number of ether oxygens (including phenoxy) is 1. The van der Waals surface area contributed by atoms with Gasteiger partial charge in [0.25, 0.3) is 5.91 Å². The number of carbonyl (C=O) groups is 1. The number of benzene rings is 3. The number of anilines is 2. The molecule has 1 saturated heterocycles. The molecule has 0 aliphatic carbocycles. The molecule has 0 bridgehead atoms. The van der Waals surface area contributed by atoms with Gasteiger partial charge in [0.15, 0.2) is 5.11 Å². The number of rotatable bonds is 5. The molecule has 1 fully saturated rings. The molecular formula is C22H18N2O2S. The number of nitrogens with zero attached hydrogens (tertiary/aromatic N) is 2. The Balaban J connectivity index is 1.46. The van der Waals surface area contributed by atoms with Crippen molar-refractivity contribution in [1.82, 2.24) is 0 Å². The van der Waals surface area contributed by atoms with E-state index in [1.165, 1.54) is 0 Å². The van der Waals surface area contributed by atoms with Crippen LogP contribution in [0.4, 0.5) is 11.4 Å². The van der Waals surface area contributed by atoms with E-state index >= 15 is 0 Å². The van der Waals surface area contributed by atoms with Gasteiger partial charge in [-0.2, -0.15) is 0 Å². The number of amides is 1. The van der Waals surface area contributed by atoms with Crippen LogP contribution in [0.3, 0.4) is 0 Å². The SMILES string of the molecule is O=C1CN(c2ccc(OCc3ccccc3)cc2)C(=S)N1c1ccccc1. The van der Waals surface area contributed by atoms with Gasteiger partial charge in [-0.05, 0) is 54.2 Å². The van der Waals surface area contributed by atoms with Crippen molar-refractivity contribution in [3.63, 3.8) is 0 Å². The number of thiocarbonyl (C=S) groups is 1. The van der Waals surface area contributed by atoms with Gasteiger partial charge in [0.1, 0.15) is 18.9 Å². The maximum absolute atomic E-state index is 12.5. The number of hydrogen-bond acceptors (Lipinski definition) is 3. The quantitative estimate of drug-likeness (QED) is 0.620. The Morgan fingerprint density at radius 3 is 2.11 bits per heavy atom. The van der Waals surface area contributed by atoms with E-state index in [9.17, 15) is 4.79 Å². The molecule has 0 spiro atoms. The number of para-hydroxylation sites is 1. The summed E-state index contributed by atoms with van der Waals surface area (Å²) in [6, 6.07) is 27.1. The van der Waals surface area contributed by atoms with Crippen molar-refractivity contribution in [1.29, 1.82) is 0 Å². The van der Waals surface area contributed by atoms with E-state index in [4.69, 9.17) is 17.0 Å². The number of hydrogen-bond donors (Lipinski definition) is 0. The molecule has 5 heteroatoms. The summed E-state index contributed by atoms with van der Waals surface area (Å²) in [5.74, 6) is 0.745. The van der Waals surface area contributed by atoms with E-state index in [0.717, 1.165) is 22.7 Å². The van der Waals surface area contributed by atoms with Crippen LogP contribution in [0.25, 0.3) is 0 Å². The van der Waals surface area contributed by atoms with Crippen LogP contribution >= 0.6 is 12.2 Å². The lowest BCUT2D eigenvalue weighted by molar-refractivity contribution is -0.115. The van der Waals surface area contributed by atoms with Crippen LogP contribution in [0.2, 0.25) is 0 Å². The van der Waals surface area contributed by atoms with Crippen molar-refractivity contribution in [2.75, 3.05) is 16.3 Å². The van der Waals surface area contributed by atoms with E-state index in [-0.39, 0.29) is 12.5 Å². The molecule has 1 heterocycles. The molecular weight excluding hydrogens is 356 g/mol. The van der Waals surface area contributed by atoms with E-state index in [1.54, 1.807) is 4.90 Å². The summed E-state index contributed by atoms with van der Waals surface area (Å²) < 4.78 is 5.82. The molecule has 1 aliphatic rings. The highest BCUT2D eigenvalue weighted by molar-refractivity contribution is 7.81. The molecule has 1 aliphatic heterocycles. The maximum atomic E-state index is 12.5. The molecule has 4 nitrogen and oxygen atoms in total. The van der Waals surface area contributed by atoms with Crippen molar-refractivity contribution in [2.24, 2.45) is 0 Å². The lowest BCUT2D eigenvalue weighted by atomic mass is 10.2. The van der Waals surface area contributed by atoms with Crippen LogP contribution in [0.1, 0.15) is 5.56 Å². The Kier molecular flexibility index (Phi) is 4.85. The summed E-state index contributed by atoms with van der Waals surface area (Å²) in [6.45, 7) is 0.751. The third kappa shape index (κ3) is 3.68. The van der Waals surface area contributed by atoms with Gasteiger partial charge in [0.05, 0.1) is 5.69 Å². The lowest BCUT2D eigenvalue weighted by Gasteiger charge is -2.20. The second kappa shape index (κ2) is 7.60. The average Bonchev–Trinajstić information content (AvgIpc) is 3.02. The zero-order valence-electron chi connectivity index (χ0n) is 14.6. The number of carbonyl (C=O) groups excluding carboxylic acids is 1. The first kappa shape index (κ1) is 17.2. The van der Waals surface area contributed by atoms with Crippen molar-refractivity contribution in [3.8, 4) is 5.75 Å². The summed E-state index contributed by atoms with van der Waals surface area (Å²) >= 11 is 5.55. The molecule has 0 N–H and O–H groups in total. The molecule has 4 rings (SSSR count). The van der Waals surface area contributed by atoms with Crippen molar-refractivity contribution in [3.05, 3.63) is 90.5 Å². The topological polar surface area (TPSA) is 32.8 Å². The van der Waals surface area contributed by atoms with E-state index in [2.05, 4.69) is 0 Å². The van der Waals surface area contributed by atoms with Gasteiger partial charge in [-0.1, -0.05) is 48.5 Å². The highest BCUT2D eigenvalue weighted by Gasteiger charge is 2.34. The molecule has 1 amide bonds. The van der Waals surface area contributed by atoms with Gasteiger partial charge in [-0.3, -0.25) is 9.69 Å². The Labute approximate surface area is 163 Å². The highest BCUT2D eigenvalue weighted by Crippen LogP contribution is 2.27. The predicted octanol–water partition coefficient (Wildman–Crippen LogP) is 4.40. The fraction of sp³-hybridized carbons (Fsp3) is 0.0909. The summed E-state index contributed by atoms with van der Waals surface area (Å²) in [4.78, 5) is 15.9. The first-order chi connectivity index (χ1) is 13.2. The minimum absolute atomic E-state index is 0.0318. The first-order valence-corrected chi connectivity index (χ1v) is 9.09. The van der Waals surface area contributed by atoms with Gasteiger partial charge in [-0.15, -0.1) is 0 Å². The second-order valence-electron chi connectivity index (χ2n) is 6.20. The minimum Gasteiger partial charge on any atom is -0.489 e. The van der Waals surface area contributed by atoms with Crippen molar-refractivity contribution >= 4 is 34.6 Å². The minimum atomic E-state index is -0.0318.